The molecule has 66 heavy (non-hydrogen) atoms. The molecule has 0 amide bonds. The van der Waals surface area contributed by atoms with Crippen LogP contribution < -0.4 is 21.7 Å². The van der Waals surface area contributed by atoms with Gasteiger partial charge in [-0.25, -0.2) is 0 Å². The Hall–Kier alpha value is -3.62. The Bertz CT molecular complexity index is 1300. The molecule has 0 aliphatic heterocycles. The van der Waals surface area contributed by atoms with Crippen molar-refractivity contribution in [2.75, 3.05) is 13.1 Å². The molecule has 0 aromatic heterocycles. The van der Waals surface area contributed by atoms with Crippen molar-refractivity contribution in [3.05, 3.63) is 134 Å². The predicted molar refractivity (Wildman–Crippen MR) is 271 cm³/mol. The number of carbonyl (C=O) groups is 4. The van der Waals surface area contributed by atoms with Crippen LogP contribution in [0.2, 0.25) is 0 Å². The summed E-state index contributed by atoms with van der Waals surface area (Å²) in [7, 11) is 0. The first kappa shape index (κ1) is 73.9. The first-order valence-corrected chi connectivity index (χ1v) is 23.4. The zero-order valence-electron chi connectivity index (χ0n) is 40.8. The maximum absolute atomic E-state index is 10.3. The van der Waals surface area contributed by atoms with Crippen LogP contribution in [0.1, 0.15) is 155 Å². The summed E-state index contributed by atoms with van der Waals surface area (Å²) in [5.41, 5.74) is 14.2. The smallest absolute Gasteiger partial charge is 0.670 e. The van der Waals surface area contributed by atoms with Crippen molar-refractivity contribution in [3.63, 3.8) is 0 Å². The van der Waals surface area contributed by atoms with Crippen LogP contribution in [0.4, 0.5) is 0 Å². The fourth-order valence-electron chi connectivity index (χ4n) is 4.81. The third kappa shape index (κ3) is 77.6. The van der Waals surface area contributed by atoms with E-state index in [0.717, 1.165) is 129 Å². The van der Waals surface area contributed by atoms with E-state index in [-0.39, 0.29) is 56.1 Å². The fourth-order valence-corrected chi connectivity index (χ4v) is 4.81. The Morgan fingerprint density at radius 1 is 0.485 bits per heavy atom. The van der Waals surface area contributed by atoms with Crippen molar-refractivity contribution in [1.82, 2.24) is 0 Å². The molecular formula is C53H89CaN3O9. The molecule has 13 heteroatoms. The third-order valence-electron chi connectivity index (χ3n) is 8.50. The van der Waals surface area contributed by atoms with Crippen LogP contribution in [0.15, 0.2) is 122 Å². The largest absolute Gasteiger partial charge is 2.00 e. The topological polar surface area (TPSA) is 265 Å². The van der Waals surface area contributed by atoms with E-state index >= 15 is 0 Å². The van der Waals surface area contributed by atoms with Crippen LogP contribution in [-0.4, -0.2) is 96.4 Å². The average molecular weight is 952 g/mol. The van der Waals surface area contributed by atoms with Crippen molar-refractivity contribution in [1.29, 1.82) is 0 Å². The zero-order chi connectivity index (χ0) is 48.6. The number of carbonyl (C=O) groups excluding carboxylic acids is 2. The Morgan fingerprint density at radius 2 is 0.758 bits per heavy atom. The Labute approximate surface area is 429 Å². The maximum Gasteiger partial charge on any atom is 2.00 e. The van der Waals surface area contributed by atoms with Crippen molar-refractivity contribution in [3.8, 4) is 0 Å². The molecule has 0 saturated heterocycles. The number of carboxylic acids is 4. The Kier molecular flexibility index (Phi) is 73.6. The van der Waals surface area contributed by atoms with Gasteiger partial charge in [-0.15, -0.1) is 5.92 Å². The van der Waals surface area contributed by atoms with Crippen molar-refractivity contribution < 1.29 is 56.5 Å². The van der Waals surface area contributed by atoms with Gasteiger partial charge < -0.3 is 59.6 Å². The molecule has 0 radical (unpaired) electrons. The van der Waals surface area contributed by atoms with Crippen molar-refractivity contribution in [2.24, 2.45) is 5.92 Å². The summed E-state index contributed by atoms with van der Waals surface area (Å²) in [4.78, 5) is 40.7. The molecule has 0 saturated carbocycles. The molecule has 0 aromatic carbocycles. The summed E-state index contributed by atoms with van der Waals surface area (Å²) in [6, 6.07) is -1.05. The van der Waals surface area contributed by atoms with Crippen LogP contribution >= 0.6 is 0 Å². The number of allylic oxidation sites excluding steroid dienone is 20. The van der Waals surface area contributed by atoms with Gasteiger partial charge in [0.15, 0.2) is 0 Å². The molecule has 372 valence electrons. The minimum Gasteiger partial charge on any atom is -0.670 e. The van der Waals surface area contributed by atoms with Crippen LogP contribution in [0.3, 0.4) is 0 Å². The number of nitrogens with one attached hydrogen (secondary N) is 1. The second kappa shape index (κ2) is 65.7. The molecule has 0 bridgehead atoms. The first-order chi connectivity index (χ1) is 30.9. The van der Waals surface area contributed by atoms with Gasteiger partial charge in [0.25, 0.3) is 0 Å². The number of aliphatic carboxylic acids is 4. The Balaban J connectivity index is -0.000000191. The maximum atomic E-state index is 10.3. The normalized spacial score (nSPS) is 12.5. The van der Waals surface area contributed by atoms with Gasteiger partial charge in [-0.3, -0.25) is 9.59 Å². The van der Waals surface area contributed by atoms with E-state index in [1.165, 1.54) is 0 Å². The molecule has 0 rings (SSSR count). The number of quaternary nitrogens is 2. The van der Waals surface area contributed by atoms with Crippen LogP contribution in [0, 0.1) is 12.8 Å². The molecule has 0 aromatic rings. The molecule has 0 aliphatic carbocycles. The van der Waals surface area contributed by atoms with E-state index in [0.29, 0.717) is 12.8 Å². The summed E-state index contributed by atoms with van der Waals surface area (Å²) in [5, 5.41) is 37.1. The average Bonchev–Trinajstić information content (AvgIpc) is 3.26. The number of hydrogen-bond acceptors (Lipinski definition) is 6. The molecular weight excluding hydrogens is 863 g/mol. The van der Waals surface area contributed by atoms with Gasteiger partial charge in [-0.05, 0) is 116 Å². The summed E-state index contributed by atoms with van der Waals surface area (Å²) < 4.78 is 0. The minimum atomic E-state index is -1.27. The summed E-state index contributed by atoms with van der Waals surface area (Å²) in [6.07, 6.45) is 61.4. The molecule has 12 nitrogen and oxygen atoms in total. The van der Waals surface area contributed by atoms with Gasteiger partial charge >= 0.3 is 49.7 Å². The van der Waals surface area contributed by atoms with E-state index < -0.39 is 35.8 Å². The number of unbranched alkanes of at least 4 members (excludes halogenated alkanes) is 4. The van der Waals surface area contributed by atoms with Crippen molar-refractivity contribution in [2.45, 2.75) is 161 Å². The standard InChI is InChI=1S/2C20H30O2.C7H14NO2.C6H13N2O2.Ca.H2O/c2*1-2-3-4-5-6-7-8-9-10-11-12-13-14-15-16-17-18-19-20(21)22;1-6(7(9)10)4-2-3-5-8;7-4-2-1-3-5(8)6(9)10;;/h2*3-4,6-7,9-10,12-13,15-16H,2,5,8,11,14,17-19H2,1H3,(H,21,22);6H,1-5,8H2,(H,9,10);5,8H,1-4,7H2,(H,9,10);;1H2/q;;2*-1;+2;/b2*4-3-,7-6-,10-9-,13-12-,16-15-;;;;/t;;6-;5-;;/m..00../s1. The van der Waals surface area contributed by atoms with Crippen LogP contribution in [-0.2, 0) is 19.2 Å². The van der Waals surface area contributed by atoms with E-state index in [1.54, 1.807) is 0 Å². The van der Waals surface area contributed by atoms with E-state index in [2.05, 4.69) is 154 Å². The monoisotopic (exact) mass is 952 g/mol. The van der Waals surface area contributed by atoms with E-state index in [9.17, 15) is 29.4 Å². The Morgan fingerprint density at radius 3 is 1.00 bits per heavy atom. The number of hydrogen-bond donors (Lipinski definition) is 4. The predicted octanol–water partition coefficient (Wildman–Crippen LogP) is 7.95. The molecule has 0 unspecified atom stereocenters. The quantitative estimate of drug-likeness (QED) is 0.0207. The van der Waals surface area contributed by atoms with Gasteiger partial charge in [0.05, 0.1) is 13.1 Å². The second-order valence-corrected chi connectivity index (χ2v) is 14.6. The van der Waals surface area contributed by atoms with Gasteiger partial charge in [-0.1, -0.05) is 154 Å². The molecule has 0 aliphatic rings. The van der Waals surface area contributed by atoms with Gasteiger partial charge in [-0.2, -0.15) is 0 Å². The van der Waals surface area contributed by atoms with Crippen molar-refractivity contribution >= 4 is 61.6 Å². The number of carboxylic acid groups (broad SMARTS) is 4. The molecule has 2 atom stereocenters. The molecule has 0 spiro atoms. The SMILES string of the molecule is CC/C=C\C/C=C\C/C=C\C/C=C\C/C=C\CCCC(=O)O.CC/C=C\C/C=C\C/C=C\C/C=C\C/C=C\CCCC(=O)O.O.[CH2-][C@@H](CCCC[NH3+])C(=O)[O-].[Ca+2].[NH-][C@@H](CCCC[NH3+])C(=O)[O-]. The fraction of sp³-hybridized carbons (Fsp3) is 0.528. The first-order valence-electron chi connectivity index (χ1n) is 23.4. The zero-order valence-corrected chi connectivity index (χ0v) is 43.1. The van der Waals surface area contributed by atoms with Gasteiger partial charge in [0, 0.05) is 24.8 Å². The second-order valence-electron chi connectivity index (χ2n) is 14.6. The minimum absolute atomic E-state index is 0. The van der Waals surface area contributed by atoms with Gasteiger partial charge in [0.2, 0.25) is 0 Å². The van der Waals surface area contributed by atoms with Crippen LogP contribution in [0.25, 0.3) is 5.73 Å². The van der Waals surface area contributed by atoms with Crippen LogP contribution in [0.5, 0.6) is 0 Å². The third-order valence-corrected chi connectivity index (χ3v) is 8.50. The summed E-state index contributed by atoms with van der Waals surface area (Å²) >= 11 is 0. The van der Waals surface area contributed by atoms with E-state index in [4.69, 9.17) is 15.9 Å². The molecule has 0 heterocycles. The number of rotatable bonds is 36. The molecule has 0 fully saturated rings. The molecule has 11 N–H and O–H groups in total. The summed E-state index contributed by atoms with van der Waals surface area (Å²) in [6.45, 7) is 9.38. The van der Waals surface area contributed by atoms with E-state index in [1.807, 2.05) is 0 Å². The van der Waals surface area contributed by atoms with Gasteiger partial charge in [0.1, 0.15) is 0 Å². The summed E-state index contributed by atoms with van der Waals surface area (Å²) in [5.74, 6) is -4.31.